The fourth-order valence-corrected chi connectivity index (χ4v) is 4.18. The van der Waals surface area contributed by atoms with Crippen LogP contribution in [0.1, 0.15) is 71.9 Å². The number of nitrogens with zero attached hydrogens (tertiary/aromatic N) is 1. The Morgan fingerprint density at radius 3 is 2.28 bits per heavy atom. The first-order valence-corrected chi connectivity index (χ1v) is 10.6. The van der Waals surface area contributed by atoms with Gasteiger partial charge in [-0.15, -0.1) is 0 Å². The lowest BCUT2D eigenvalue weighted by Gasteiger charge is -2.43. The summed E-state index contributed by atoms with van der Waals surface area (Å²) in [5, 5.41) is 8.89. The minimum absolute atomic E-state index is 0.139. The summed E-state index contributed by atoms with van der Waals surface area (Å²) in [5.74, 6) is -0.00654. The van der Waals surface area contributed by atoms with Gasteiger partial charge in [-0.3, -0.25) is 0 Å². The van der Waals surface area contributed by atoms with Crippen molar-refractivity contribution in [1.29, 1.82) is 0 Å². The fourth-order valence-electron chi connectivity index (χ4n) is 4.18. The van der Waals surface area contributed by atoms with Crippen LogP contribution < -0.4 is 9.64 Å². The van der Waals surface area contributed by atoms with Crippen LogP contribution in [0.2, 0.25) is 0 Å². The number of benzene rings is 1. The molecule has 0 saturated carbocycles. The number of rotatable bonds is 8. The normalized spacial score (nSPS) is 17.8. The smallest absolute Gasteiger partial charge is 0.328 e. The molecule has 0 fully saturated rings. The van der Waals surface area contributed by atoms with Gasteiger partial charge in [-0.25, -0.2) is 4.79 Å². The van der Waals surface area contributed by atoms with Crippen molar-refractivity contribution in [2.24, 2.45) is 0 Å². The van der Waals surface area contributed by atoms with Crippen molar-refractivity contribution in [2.75, 3.05) is 25.1 Å². The molecule has 29 heavy (non-hydrogen) atoms. The molecular formula is C25H37NO3. The summed E-state index contributed by atoms with van der Waals surface area (Å²) < 4.78 is 5.83. The lowest BCUT2D eigenvalue weighted by atomic mass is 9.63. The van der Waals surface area contributed by atoms with Crippen molar-refractivity contribution in [2.45, 2.75) is 71.6 Å². The van der Waals surface area contributed by atoms with Gasteiger partial charge in [0.2, 0.25) is 0 Å². The predicted octanol–water partition coefficient (Wildman–Crippen LogP) is 5.85. The number of hydrogen-bond donors (Lipinski definition) is 1. The van der Waals surface area contributed by atoms with Crippen LogP contribution in [0.5, 0.6) is 5.75 Å². The number of methoxy groups -OCH3 is 1. The minimum Gasteiger partial charge on any atom is -0.495 e. The molecule has 0 heterocycles. The Balaban J connectivity index is 2.46. The second-order valence-corrected chi connectivity index (χ2v) is 9.41. The van der Waals surface area contributed by atoms with Crippen LogP contribution in [-0.4, -0.2) is 31.3 Å². The van der Waals surface area contributed by atoms with Gasteiger partial charge >= 0.3 is 5.97 Å². The lowest BCUT2D eigenvalue weighted by molar-refractivity contribution is -0.131. The SMILES string of the molecule is CCCN(C/C=C/C(C)=C/C(=O)O)c1cc2c(cc1OC)C(C)(C)CCC2(C)C. The first kappa shape index (κ1) is 23.1. The zero-order valence-electron chi connectivity index (χ0n) is 19.1. The van der Waals surface area contributed by atoms with E-state index in [1.165, 1.54) is 30.0 Å². The molecule has 1 aliphatic rings. The zero-order chi connectivity index (χ0) is 21.8. The Morgan fingerprint density at radius 1 is 1.17 bits per heavy atom. The molecule has 0 spiro atoms. The van der Waals surface area contributed by atoms with Crippen molar-refractivity contribution in [3.05, 3.63) is 47.1 Å². The van der Waals surface area contributed by atoms with E-state index in [4.69, 9.17) is 9.84 Å². The van der Waals surface area contributed by atoms with Crippen LogP contribution in [0.4, 0.5) is 5.69 Å². The number of carboxylic acid groups (broad SMARTS) is 1. The largest absolute Gasteiger partial charge is 0.495 e. The number of fused-ring (bicyclic) bond motifs is 1. The van der Waals surface area contributed by atoms with Gasteiger partial charge in [-0.2, -0.15) is 0 Å². The first-order valence-electron chi connectivity index (χ1n) is 10.6. The Labute approximate surface area is 176 Å². The summed E-state index contributed by atoms with van der Waals surface area (Å²) in [6.07, 6.45) is 8.49. The van der Waals surface area contributed by atoms with Gasteiger partial charge in [-0.05, 0) is 65.8 Å². The van der Waals surface area contributed by atoms with Gasteiger partial charge in [0.25, 0.3) is 0 Å². The summed E-state index contributed by atoms with van der Waals surface area (Å²) in [7, 11) is 1.74. The summed E-state index contributed by atoms with van der Waals surface area (Å²) in [6.45, 7) is 14.9. The van der Waals surface area contributed by atoms with Gasteiger partial charge in [0.15, 0.2) is 0 Å². The molecule has 0 aromatic heterocycles. The molecule has 160 valence electrons. The number of carbonyl (C=O) groups is 1. The first-order chi connectivity index (χ1) is 13.5. The van der Waals surface area contributed by atoms with E-state index in [0.717, 1.165) is 30.0 Å². The summed E-state index contributed by atoms with van der Waals surface area (Å²) >= 11 is 0. The highest BCUT2D eigenvalue weighted by molar-refractivity contribution is 5.81. The molecule has 1 N–H and O–H groups in total. The number of ether oxygens (including phenoxy) is 1. The van der Waals surface area contributed by atoms with Crippen LogP contribution in [0.25, 0.3) is 0 Å². The predicted molar refractivity (Wildman–Crippen MR) is 121 cm³/mol. The van der Waals surface area contributed by atoms with Gasteiger partial charge in [0.05, 0.1) is 12.8 Å². The number of hydrogen-bond acceptors (Lipinski definition) is 3. The van der Waals surface area contributed by atoms with Crippen molar-refractivity contribution in [3.8, 4) is 5.75 Å². The molecule has 1 aromatic carbocycles. The molecule has 0 aliphatic heterocycles. The standard InChI is InChI=1S/C25H37NO3/c1-8-13-26(14-9-10-18(2)15-23(27)28)21-16-19-20(17-22(21)29-7)25(5,6)12-11-24(19,3)4/h9-10,15-17H,8,11-14H2,1-7H3,(H,27,28)/b10-9+,18-15+. The average Bonchev–Trinajstić information content (AvgIpc) is 2.63. The molecule has 2 rings (SSSR count). The van der Waals surface area contributed by atoms with Crippen LogP contribution in [0, 0.1) is 0 Å². The highest BCUT2D eigenvalue weighted by Crippen LogP contribution is 2.49. The Morgan fingerprint density at radius 2 is 1.76 bits per heavy atom. The fraction of sp³-hybridized carbons (Fsp3) is 0.560. The highest BCUT2D eigenvalue weighted by atomic mass is 16.5. The quantitative estimate of drug-likeness (QED) is 0.440. The van der Waals surface area contributed by atoms with Crippen molar-refractivity contribution in [1.82, 2.24) is 0 Å². The number of carboxylic acids is 1. The lowest BCUT2D eigenvalue weighted by Crippen LogP contribution is -2.34. The van der Waals surface area contributed by atoms with E-state index in [2.05, 4.69) is 51.7 Å². The van der Waals surface area contributed by atoms with Crippen molar-refractivity contribution in [3.63, 3.8) is 0 Å². The molecule has 1 aliphatic carbocycles. The van der Waals surface area contributed by atoms with E-state index in [9.17, 15) is 4.79 Å². The number of aliphatic carboxylic acids is 1. The third-order valence-electron chi connectivity index (χ3n) is 6.04. The van der Waals surface area contributed by atoms with Gasteiger partial charge < -0.3 is 14.7 Å². The Bertz CT molecular complexity index is 803. The summed E-state index contributed by atoms with van der Waals surface area (Å²) in [5.41, 5.74) is 4.93. The van der Waals surface area contributed by atoms with Gasteiger partial charge in [0.1, 0.15) is 5.75 Å². The molecule has 0 unspecified atom stereocenters. The van der Waals surface area contributed by atoms with E-state index in [1.807, 2.05) is 12.2 Å². The number of allylic oxidation sites excluding steroid dienone is 2. The van der Waals surface area contributed by atoms with Crippen molar-refractivity contribution >= 4 is 11.7 Å². The van der Waals surface area contributed by atoms with Crippen molar-refractivity contribution < 1.29 is 14.6 Å². The highest BCUT2D eigenvalue weighted by Gasteiger charge is 2.38. The summed E-state index contributed by atoms with van der Waals surface area (Å²) in [4.78, 5) is 13.1. The van der Waals surface area contributed by atoms with E-state index in [1.54, 1.807) is 14.0 Å². The van der Waals surface area contributed by atoms with Crippen LogP contribution in [0.3, 0.4) is 0 Å². The van der Waals surface area contributed by atoms with Gasteiger partial charge in [0, 0.05) is 19.2 Å². The van der Waals surface area contributed by atoms with E-state index in [0.29, 0.717) is 6.54 Å². The maximum atomic E-state index is 10.8. The maximum Gasteiger partial charge on any atom is 0.328 e. The molecule has 4 nitrogen and oxygen atoms in total. The molecular weight excluding hydrogens is 362 g/mol. The summed E-state index contributed by atoms with van der Waals surface area (Å²) in [6, 6.07) is 4.58. The molecule has 0 radical (unpaired) electrons. The molecule has 1 aromatic rings. The molecule has 0 atom stereocenters. The van der Waals surface area contributed by atoms with Gasteiger partial charge in [-0.1, -0.05) is 46.8 Å². The molecule has 0 amide bonds. The third-order valence-corrected chi connectivity index (χ3v) is 6.04. The third kappa shape index (κ3) is 5.43. The molecule has 0 bridgehead atoms. The second kappa shape index (κ2) is 9.06. The van der Waals surface area contributed by atoms with Crippen LogP contribution in [0.15, 0.2) is 35.9 Å². The average molecular weight is 400 g/mol. The maximum absolute atomic E-state index is 10.8. The van der Waals surface area contributed by atoms with Crippen LogP contribution in [-0.2, 0) is 15.6 Å². The molecule has 4 heteroatoms. The number of anilines is 1. The second-order valence-electron chi connectivity index (χ2n) is 9.41. The minimum atomic E-state index is -0.918. The zero-order valence-corrected chi connectivity index (χ0v) is 19.1. The monoisotopic (exact) mass is 399 g/mol. The van der Waals surface area contributed by atoms with E-state index in [-0.39, 0.29) is 10.8 Å². The van der Waals surface area contributed by atoms with E-state index < -0.39 is 5.97 Å². The molecule has 0 saturated heterocycles. The topological polar surface area (TPSA) is 49.8 Å². The van der Waals surface area contributed by atoms with E-state index >= 15 is 0 Å². The Hall–Kier alpha value is -2.23. The van der Waals surface area contributed by atoms with Crippen LogP contribution >= 0.6 is 0 Å². The Kier molecular flexibility index (Phi) is 7.20.